The number of hydrogen-bond donors (Lipinski definition) is 1. The molecule has 0 saturated carbocycles. The summed E-state index contributed by atoms with van der Waals surface area (Å²) in [4.78, 5) is 22.9. The van der Waals surface area contributed by atoms with E-state index in [4.69, 9.17) is 0 Å². The molecule has 0 atom stereocenters. The second kappa shape index (κ2) is 9.82. The summed E-state index contributed by atoms with van der Waals surface area (Å²) >= 11 is 0. The van der Waals surface area contributed by atoms with Crippen LogP contribution in [0.25, 0.3) is 11.3 Å². The van der Waals surface area contributed by atoms with Gasteiger partial charge in [-0.05, 0) is 32.4 Å². The molecule has 0 fully saturated rings. The van der Waals surface area contributed by atoms with Crippen LogP contribution in [0, 0.1) is 13.8 Å². The number of hydrogen-bond acceptors (Lipinski definition) is 4. The van der Waals surface area contributed by atoms with E-state index in [0.717, 1.165) is 41.4 Å². The second-order valence-electron chi connectivity index (χ2n) is 7.13. The Morgan fingerprint density at radius 1 is 1.17 bits per heavy atom. The van der Waals surface area contributed by atoms with Gasteiger partial charge >= 0.3 is 6.03 Å². The highest BCUT2D eigenvalue weighted by atomic mass is 16.2. The first-order valence-corrected chi connectivity index (χ1v) is 9.90. The minimum absolute atomic E-state index is 0.0856. The molecule has 3 aromatic rings. The fraction of sp³-hybridized carbons (Fsp3) is 0.364. The first-order chi connectivity index (χ1) is 14.0. The Labute approximate surface area is 171 Å². The highest BCUT2D eigenvalue weighted by molar-refractivity contribution is 5.73. The van der Waals surface area contributed by atoms with E-state index in [-0.39, 0.29) is 6.03 Å². The van der Waals surface area contributed by atoms with Crippen LogP contribution < -0.4 is 5.32 Å². The molecule has 0 aliphatic carbocycles. The number of aromatic nitrogens is 4. The van der Waals surface area contributed by atoms with Gasteiger partial charge in [0.2, 0.25) is 0 Å². The molecule has 0 bridgehead atoms. The fourth-order valence-electron chi connectivity index (χ4n) is 3.17. The molecule has 2 heterocycles. The highest BCUT2D eigenvalue weighted by Gasteiger charge is 2.09. The van der Waals surface area contributed by atoms with Crippen molar-refractivity contribution in [2.75, 3.05) is 20.1 Å². The summed E-state index contributed by atoms with van der Waals surface area (Å²) in [6.07, 6.45) is 3.21. The van der Waals surface area contributed by atoms with Crippen molar-refractivity contribution < 1.29 is 4.79 Å². The van der Waals surface area contributed by atoms with E-state index >= 15 is 0 Å². The molecule has 29 heavy (non-hydrogen) atoms. The van der Waals surface area contributed by atoms with Gasteiger partial charge < -0.3 is 10.2 Å². The molecule has 7 heteroatoms. The van der Waals surface area contributed by atoms with Crippen LogP contribution in [-0.2, 0) is 13.0 Å². The fourth-order valence-corrected chi connectivity index (χ4v) is 3.17. The topological polar surface area (TPSA) is 75.9 Å². The predicted molar refractivity (Wildman–Crippen MR) is 114 cm³/mol. The molecule has 1 N–H and O–H groups in total. The number of carbonyl (C=O) groups excluding carboxylic acids is 1. The van der Waals surface area contributed by atoms with E-state index in [1.54, 1.807) is 11.1 Å². The Morgan fingerprint density at radius 2 is 1.97 bits per heavy atom. The molecule has 152 valence electrons. The number of amides is 2. The summed E-state index contributed by atoms with van der Waals surface area (Å²) < 4.78 is 1.98. The molecular weight excluding hydrogens is 364 g/mol. The smallest absolute Gasteiger partial charge is 0.317 e. The molecule has 1 aromatic carbocycles. The third kappa shape index (κ3) is 5.88. The lowest BCUT2D eigenvalue weighted by atomic mass is 10.1. The van der Waals surface area contributed by atoms with Gasteiger partial charge in [0.05, 0.1) is 11.4 Å². The molecule has 3 rings (SSSR count). The number of rotatable bonds is 8. The first kappa shape index (κ1) is 20.5. The Bertz CT molecular complexity index is 937. The number of aryl methyl sites for hydroxylation is 3. The van der Waals surface area contributed by atoms with Crippen LogP contribution >= 0.6 is 0 Å². The zero-order valence-corrected chi connectivity index (χ0v) is 17.3. The van der Waals surface area contributed by atoms with Crippen molar-refractivity contribution in [1.82, 2.24) is 30.0 Å². The van der Waals surface area contributed by atoms with Gasteiger partial charge in [-0.15, -0.1) is 0 Å². The molecule has 0 radical (unpaired) electrons. The van der Waals surface area contributed by atoms with Gasteiger partial charge in [0.15, 0.2) is 0 Å². The standard InChI is InChI=1S/C22H28N6O/c1-17-16-18(2)28(26-17)15-7-14-27(3)22(29)24-13-11-21-23-12-10-20(25-21)19-8-5-4-6-9-19/h4-6,8-10,12,16H,7,11,13-15H2,1-3H3,(H,24,29). The summed E-state index contributed by atoms with van der Waals surface area (Å²) in [6, 6.07) is 13.9. The van der Waals surface area contributed by atoms with E-state index < -0.39 is 0 Å². The van der Waals surface area contributed by atoms with E-state index in [1.807, 2.05) is 62.0 Å². The average Bonchev–Trinajstić information content (AvgIpc) is 3.05. The van der Waals surface area contributed by atoms with Crippen LogP contribution in [0.4, 0.5) is 4.79 Å². The Morgan fingerprint density at radius 3 is 2.69 bits per heavy atom. The predicted octanol–water partition coefficient (Wildman–Crippen LogP) is 3.23. The van der Waals surface area contributed by atoms with Gasteiger partial charge in [-0.1, -0.05) is 30.3 Å². The Kier molecular flexibility index (Phi) is 6.94. The number of nitrogens with one attached hydrogen (secondary N) is 1. The molecule has 0 aliphatic heterocycles. The zero-order chi connectivity index (χ0) is 20.6. The van der Waals surface area contributed by atoms with Gasteiger partial charge in [0.25, 0.3) is 0 Å². The molecule has 0 saturated heterocycles. The van der Waals surface area contributed by atoms with Crippen LogP contribution in [0.15, 0.2) is 48.7 Å². The molecule has 0 unspecified atom stereocenters. The largest absolute Gasteiger partial charge is 0.338 e. The van der Waals surface area contributed by atoms with Crippen molar-refractivity contribution in [2.24, 2.45) is 0 Å². The lowest BCUT2D eigenvalue weighted by Crippen LogP contribution is -2.39. The summed E-state index contributed by atoms with van der Waals surface area (Å²) in [6.45, 7) is 6.01. The van der Waals surface area contributed by atoms with Crippen LogP contribution in [0.1, 0.15) is 23.6 Å². The summed E-state index contributed by atoms with van der Waals surface area (Å²) in [7, 11) is 1.81. The van der Waals surface area contributed by atoms with Crippen LogP contribution in [-0.4, -0.2) is 50.8 Å². The van der Waals surface area contributed by atoms with Crippen LogP contribution in [0.3, 0.4) is 0 Å². The molecule has 2 amide bonds. The summed E-state index contributed by atoms with van der Waals surface area (Å²) in [5.74, 6) is 0.721. The normalized spacial score (nSPS) is 10.7. The molecule has 2 aromatic heterocycles. The van der Waals surface area contributed by atoms with E-state index in [0.29, 0.717) is 19.5 Å². The number of nitrogens with zero attached hydrogens (tertiary/aromatic N) is 5. The zero-order valence-electron chi connectivity index (χ0n) is 17.3. The van der Waals surface area contributed by atoms with Crippen molar-refractivity contribution in [3.05, 3.63) is 65.9 Å². The minimum Gasteiger partial charge on any atom is -0.338 e. The van der Waals surface area contributed by atoms with Crippen molar-refractivity contribution in [3.8, 4) is 11.3 Å². The third-order valence-corrected chi connectivity index (χ3v) is 4.71. The Hall–Kier alpha value is -3.22. The molecule has 0 aliphatic rings. The number of benzene rings is 1. The first-order valence-electron chi connectivity index (χ1n) is 9.90. The van der Waals surface area contributed by atoms with Gasteiger partial charge in [0.1, 0.15) is 5.82 Å². The van der Waals surface area contributed by atoms with Crippen LogP contribution in [0.5, 0.6) is 0 Å². The van der Waals surface area contributed by atoms with Crippen molar-refractivity contribution >= 4 is 6.03 Å². The highest BCUT2D eigenvalue weighted by Crippen LogP contribution is 2.15. The average molecular weight is 393 g/mol. The minimum atomic E-state index is -0.0856. The molecule has 0 spiro atoms. The maximum Gasteiger partial charge on any atom is 0.317 e. The SMILES string of the molecule is Cc1cc(C)n(CCCN(C)C(=O)NCCc2nccc(-c3ccccc3)n2)n1. The van der Waals surface area contributed by atoms with Crippen LogP contribution in [0.2, 0.25) is 0 Å². The van der Waals surface area contributed by atoms with Crippen molar-refractivity contribution in [1.29, 1.82) is 0 Å². The van der Waals surface area contributed by atoms with Gasteiger partial charge in [-0.3, -0.25) is 4.68 Å². The van der Waals surface area contributed by atoms with Gasteiger partial charge in [-0.25, -0.2) is 14.8 Å². The Balaban J connectivity index is 1.42. The number of carbonyl (C=O) groups is 1. The van der Waals surface area contributed by atoms with Gasteiger partial charge in [0, 0.05) is 50.6 Å². The third-order valence-electron chi connectivity index (χ3n) is 4.71. The molecule has 7 nitrogen and oxygen atoms in total. The van der Waals surface area contributed by atoms with E-state index in [9.17, 15) is 4.79 Å². The van der Waals surface area contributed by atoms with E-state index in [2.05, 4.69) is 26.4 Å². The summed E-state index contributed by atoms with van der Waals surface area (Å²) in [5.41, 5.74) is 4.12. The number of urea groups is 1. The van der Waals surface area contributed by atoms with Gasteiger partial charge in [-0.2, -0.15) is 5.10 Å². The van der Waals surface area contributed by atoms with Crippen molar-refractivity contribution in [3.63, 3.8) is 0 Å². The lowest BCUT2D eigenvalue weighted by molar-refractivity contribution is 0.207. The second-order valence-corrected chi connectivity index (χ2v) is 7.13. The van der Waals surface area contributed by atoms with E-state index in [1.165, 1.54) is 0 Å². The van der Waals surface area contributed by atoms with Crippen molar-refractivity contribution in [2.45, 2.75) is 33.2 Å². The quantitative estimate of drug-likeness (QED) is 0.639. The molecular formula is C22H28N6O. The summed E-state index contributed by atoms with van der Waals surface area (Å²) in [5, 5.41) is 7.39. The maximum atomic E-state index is 12.3. The lowest BCUT2D eigenvalue weighted by Gasteiger charge is -2.18. The maximum absolute atomic E-state index is 12.3. The monoisotopic (exact) mass is 392 g/mol.